The van der Waals surface area contributed by atoms with Gasteiger partial charge in [-0.25, -0.2) is 0 Å². The summed E-state index contributed by atoms with van der Waals surface area (Å²) in [5.74, 6) is 10.7. The third-order valence-electron chi connectivity index (χ3n) is 6.20. The predicted molar refractivity (Wildman–Crippen MR) is 75.8 cm³/mol. The van der Waals surface area contributed by atoms with Gasteiger partial charge in [0.2, 0.25) is 0 Å². The molecule has 2 heteroatoms. The van der Waals surface area contributed by atoms with Crippen LogP contribution in [0.3, 0.4) is 0 Å². The Bertz CT molecular complexity index is 278. The van der Waals surface area contributed by atoms with E-state index in [4.69, 9.17) is 5.84 Å². The van der Waals surface area contributed by atoms with Crippen molar-refractivity contribution in [3.63, 3.8) is 0 Å². The highest BCUT2D eigenvalue weighted by Crippen LogP contribution is 2.50. The highest BCUT2D eigenvalue weighted by molar-refractivity contribution is 4.93. The smallest absolute Gasteiger partial charge is 0.0241 e. The van der Waals surface area contributed by atoms with E-state index in [1.165, 1.54) is 57.8 Å². The fourth-order valence-corrected chi connectivity index (χ4v) is 5.23. The van der Waals surface area contributed by atoms with Gasteiger partial charge < -0.3 is 0 Å². The van der Waals surface area contributed by atoms with Crippen LogP contribution >= 0.6 is 0 Å². The van der Waals surface area contributed by atoms with Gasteiger partial charge in [0.15, 0.2) is 0 Å². The van der Waals surface area contributed by atoms with Crippen LogP contribution in [0, 0.1) is 29.6 Å². The van der Waals surface area contributed by atoms with Gasteiger partial charge in [-0.05, 0) is 68.1 Å². The van der Waals surface area contributed by atoms with Crippen molar-refractivity contribution in [2.45, 2.75) is 70.8 Å². The summed E-state index contributed by atoms with van der Waals surface area (Å²) < 4.78 is 0. The summed E-state index contributed by atoms with van der Waals surface area (Å²) in [6.45, 7) is 2.41. The van der Waals surface area contributed by atoms with Gasteiger partial charge in [-0.3, -0.25) is 11.3 Å². The van der Waals surface area contributed by atoms with Crippen molar-refractivity contribution in [3.05, 3.63) is 0 Å². The van der Waals surface area contributed by atoms with Crippen LogP contribution in [-0.4, -0.2) is 6.04 Å². The molecule has 0 heterocycles. The summed E-state index contributed by atoms with van der Waals surface area (Å²) in [6.07, 6.45) is 13.1. The molecule has 0 radical (unpaired) electrons. The van der Waals surface area contributed by atoms with E-state index in [1.54, 1.807) is 0 Å². The van der Waals surface area contributed by atoms with E-state index in [0.29, 0.717) is 6.04 Å². The highest BCUT2D eigenvalue weighted by atomic mass is 15.2. The minimum Gasteiger partial charge on any atom is -0.271 e. The zero-order valence-electron chi connectivity index (χ0n) is 11.9. The Morgan fingerprint density at radius 3 is 2.61 bits per heavy atom. The molecule has 3 aliphatic carbocycles. The summed E-state index contributed by atoms with van der Waals surface area (Å²) in [6, 6.07) is 0.595. The molecule has 0 aliphatic heterocycles. The minimum absolute atomic E-state index is 0.595. The average Bonchev–Trinajstić information content (AvgIpc) is 2.98. The molecular formula is C16H30N2. The monoisotopic (exact) mass is 250 g/mol. The summed E-state index contributed by atoms with van der Waals surface area (Å²) in [5.41, 5.74) is 3.18. The molecule has 6 unspecified atom stereocenters. The Morgan fingerprint density at radius 2 is 2.00 bits per heavy atom. The van der Waals surface area contributed by atoms with E-state index in [9.17, 15) is 0 Å². The first kappa shape index (κ1) is 12.9. The van der Waals surface area contributed by atoms with Crippen molar-refractivity contribution in [2.75, 3.05) is 0 Å². The number of rotatable bonds is 4. The maximum Gasteiger partial charge on any atom is 0.0241 e. The molecule has 3 fully saturated rings. The lowest BCUT2D eigenvalue weighted by molar-refractivity contribution is 0.180. The summed E-state index contributed by atoms with van der Waals surface area (Å²) in [5, 5.41) is 0. The number of fused-ring (bicyclic) bond motifs is 2. The topological polar surface area (TPSA) is 38.0 Å². The van der Waals surface area contributed by atoms with Crippen LogP contribution in [-0.2, 0) is 0 Å². The molecule has 3 aliphatic rings. The van der Waals surface area contributed by atoms with Gasteiger partial charge in [0.05, 0.1) is 0 Å². The first-order valence-corrected chi connectivity index (χ1v) is 8.22. The van der Waals surface area contributed by atoms with Crippen molar-refractivity contribution in [1.29, 1.82) is 0 Å². The molecule has 2 nitrogen and oxygen atoms in total. The molecular weight excluding hydrogens is 220 g/mol. The second-order valence-electron chi connectivity index (χ2n) is 7.48. The van der Waals surface area contributed by atoms with Crippen LogP contribution in [0.15, 0.2) is 0 Å². The van der Waals surface area contributed by atoms with E-state index >= 15 is 0 Å². The lowest BCUT2D eigenvalue weighted by atomic mass is 9.74. The van der Waals surface area contributed by atoms with E-state index in [0.717, 1.165) is 29.6 Å². The summed E-state index contributed by atoms with van der Waals surface area (Å²) >= 11 is 0. The van der Waals surface area contributed by atoms with Crippen LogP contribution in [0.5, 0.6) is 0 Å². The Labute approximate surface area is 112 Å². The molecule has 0 aromatic rings. The lowest BCUT2D eigenvalue weighted by Gasteiger charge is -2.35. The molecule has 0 aromatic heterocycles. The van der Waals surface area contributed by atoms with Crippen molar-refractivity contribution in [2.24, 2.45) is 35.4 Å². The Morgan fingerprint density at radius 1 is 1.11 bits per heavy atom. The van der Waals surface area contributed by atoms with Gasteiger partial charge in [0, 0.05) is 6.04 Å². The first-order chi connectivity index (χ1) is 8.76. The van der Waals surface area contributed by atoms with Crippen molar-refractivity contribution in [3.8, 4) is 0 Å². The normalized spacial score (nSPS) is 45.3. The van der Waals surface area contributed by atoms with Gasteiger partial charge in [-0.15, -0.1) is 0 Å². The lowest BCUT2D eigenvalue weighted by Crippen LogP contribution is -2.44. The SMILES string of the molecule is CC1CCCC(C(CC2CC3CCC2C3)NN)C1. The Kier molecular flexibility index (Phi) is 3.95. The van der Waals surface area contributed by atoms with E-state index in [-0.39, 0.29) is 0 Å². The van der Waals surface area contributed by atoms with Crippen molar-refractivity contribution in [1.82, 2.24) is 5.43 Å². The van der Waals surface area contributed by atoms with E-state index in [1.807, 2.05) is 0 Å². The van der Waals surface area contributed by atoms with Crippen LogP contribution in [0.4, 0.5) is 0 Å². The Balaban J connectivity index is 1.55. The second kappa shape index (κ2) is 5.50. The molecule has 0 amide bonds. The van der Waals surface area contributed by atoms with Crippen LogP contribution < -0.4 is 11.3 Å². The standard InChI is InChI=1S/C16H30N2/c1-11-3-2-4-14(7-11)16(18-17)10-15-9-12-5-6-13(15)8-12/h11-16,18H,2-10,17H2,1H3. The molecule has 2 bridgehead atoms. The summed E-state index contributed by atoms with van der Waals surface area (Å²) in [7, 11) is 0. The molecule has 6 atom stereocenters. The van der Waals surface area contributed by atoms with Gasteiger partial charge in [0.1, 0.15) is 0 Å². The predicted octanol–water partition coefficient (Wildman–Crippen LogP) is 3.47. The molecule has 18 heavy (non-hydrogen) atoms. The van der Waals surface area contributed by atoms with Gasteiger partial charge in [0.25, 0.3) is 0 Å². The number of nitrogens with two attached hydrogens (primary N) is 1. The average molecular weight is 250 g/mol. The van der Waals surface area contributed by atoms with Crippen LogP contribution in [0.1, 0.15) is 64.7 Å². The third-order valence-corrected chi connectivity index (χ3v) is 6.20. The maximum atomic E-state index is 5.88. The number of hydrogen-bond acceptors (Lipinski definition) is 2. The molecule has 3 saturated carbocycles. The second-order valence-corrected chi connectivity index (χ2v) is 7.48. The van der Waals surface area contributed by atoms with E-state index < -0.39 is 0 Å². The number of hydrazine groups is 1. The largest absolute Gasteiger partial charge is 0.271 e. The number of hydrogen-bond donors (Lipinski definition) is 2. The molecule has 3 N–H and O–H groups in total. The number of nitrogens with one attached hydrogen (secondary N) is 1. The van der Waals surface area contributed by atoms with Gasteiger partial charge in [-0.1, -0.05) is 26.2 Å². The molecule has 3 rings (SSSR count). The van der Waals surface area contributed by atoms with Crippen LogP contribution in [0.25, 0.3) is 0 Å². The zero-order valence-corrected chi connectivity index (χ0v) is 11.9. The summed E-state index contributed by atoms with van der Waals surface area (Å²) in [4.78, 5) is 0. The van der Waals surface area contributed by atoms with Crippen LogP contribution in [0.2, 0.25) is 0 Å². The van der Waals surface area contributed by atoms with Gasteiger partial charge in [-0.2, -0.15) is 0 Å². The maximum absolute atomic E-state index is 5.88. The zero-order chi connectivity index (χ0) is 12.5. The highest BCUT2D eigenvalue weighted by Gasteiger charge is 2.41. The van der Waals surface area contributed by atoms with Crippen molar-refractivity contribution >= 4 is 0 Å². The van der Waals surface area contributed by atoms with Gasteiger partial charge >= 0.3 is 0 Å². The molecule has 0 spiro atoms. The molecule has 104 valence electrons. The molecule has 0 saturated heterocycles. The van der Waals surface area contributed by atoms with Crippen molar-refractivity contribution < 1.29 is 0 Å². The third kappa shape index (κ3) is 2.60. The molecule has 0 aromatic carbocycles. The Hall–Kier alpha value is -0.0800. The minimum atomic E-state index is 0.595. The first-order valence-electron chi connectivity index (χ1n) is 8.22. The fraction of sp³-hybridized carbons (Fsp3) is 1.00. The van der Waals surface area contributed by atoms with E-state index in [2.05, 4.69) is 12.3 Å². The quantitative estimate of drug-likeness (QED) is 0.592. The fourth-order valence-electron chi connectivity index (χ4n) is 5.23.